The lowest BCUT2D eigenvalue weighted by atomic mass is 10.0. The fraction of sp³-hybridized carbons (Fsp3) is 0.750. The molecule has 0 atom stereocenters. The van der Waals surface area contributed by atoms with E-state index >= 15 is 0 Å². The van der Waals surface area contributed by atoms with Crippen molar-refractivity contribution in [1.29, 1.82) is 0 Å². The van der Waals surface area contributed by atoms with Gasteiger partial charge in [0.25, 0.3) is 0 Å². The standard InChI is InChI=1S/C24H38O4/c1-3-5-6-8-20-15-25-23(26-16-20)14-11-21-17-27-24(28-18-21)22-12-9-19(7-4-2)10-13-22/h9-10,12-13,20-21,23-24H,3-8,11,14-18H2,1-2H3/t20-,21-,23-,24-. The van der Waals surface area contributed by atoms with Gasteiger partial charge in [-0.25, -0.2) is 0 Å². The maximum Gasteiger partial charge on any atom is 0.183 e. The minimum absolute atomic E-state index is 0.0498. The van der Waals surface area contributed by atoms with Gasteiger partial charge in [-0.15, -0.1) is 0 Å². The molecule has 2 aliphatic heterocycles. The molecule has 0 unspecified atom stereocenters. The lowest BCUT2D eigenvalue weighted by Gasteiger charge is -2.32. The van der Waals surface area contributed by atoms with Crippen LogP contribution < -0.4 is 0 Å². The Bertz CT molecular complexity index is 528. The van der Waals surface area contributed by atoms with Gasteiger partial charge in [0.05, 0.1) is 26.4 Å². The molecular weight excluding hydrogens is 352 g/mol. The van der Waals surface area contributed by atoms with Crippen LogP contribution in [0.15, 0.2) is 24.3 Å². The third kappa shape index (κ3) is 6.84. The molecule has 0 saturated carbocycles. The molecule has 4 nitrogen and oxygen atoms in total. The average Bonchev–Trinajstić information content (AvgIpc) is 2.75. The third-order valence-electron chi connectivity index (χ3n) is 5.82. The fourth-order valence-corrected chi connectivity index (χ4v) is 4.00. The smallest absolute Gasteiger partial charge is 0.183 e. The van der Waals surface area contributed by atoms with Crippen molar-refractivity contribution in [2.45, 2.75) is 77.8 Å². The zero-order valence-corrected chi connectivity index (χ0v) is 17.7. The van der Waals surface area contributed by atoms with Crippen LogP contribution in [0.4, 0.5) is 0 Å². The number of rotatable bonds is 10. The van der Waals surface area contributed by atoms with Gasteiger partial charge in [-0.3, -0.25) is 0 Å². The Morgan fingerprint density at radius 3 is 2.00 bits per heavy atom. The van der Waals surface area contributed by atoms with E-state index in [0.29, 0.717) is 11.8 Å². The Kier molecular flexibility index (Phi) is 9.26. The van der Waals surface area contributed by atoms with Crippen LogP contribution in [0.1, 0.15) is 76.2 Å². The molecule has 3 rings (SSSR count). The highest BCUT2D eigenvalue weighted by molar-refractivity contribution is 5.23. The van der Waals surface area contributed by atoms with Crippen molar-refractivity contribution in [2.24, 2.45) is 11.8 Å². The Balaban J connectivity index is 1.31. The molecule has 0 N–H and O–H groups in total. The van der Waals surface area contributed by atoms with E-state index in [1.54, 1.807) is 0 Å². The van der Waals surface area contributed by atoms with Crippen molar-refractivity contribution in [1.82, 2.24) is 0 Å². The van der Waals surface area contributed by atoms with Crippen LogP contribution in [0.3, 0.4) is 0 Å². The van der Waals surface area contributed by atoms with Gasteiger partial charge in [0, 0.05) is 17.4 Å². The van der Waals surface area contributed by atoms with Gasteiger partial charge in [0.15, 0.2) is 12.6 Å². The largest absolute Gasteiger partial charge is 0.352 e. The van der Waals surface area contributed by atoms with Gasteiger partial charge in [0.2, 0.25) is 0 Å². The first kappa shape index (κ1) is 21.8. The van der Waals surface area contributed by atoms with Crippen LogP contribution in [-0.4, -0.2) is 32.7 Å². The van der Waals surface area contributed by atoms with E-state index in [1.165, 1.54) is 37.7 Å². The molecule has 2 heterocycles. The highest BCUT2D eigenvalue weighted by atomic mass is 16.7. The van der Waals surface area contributed by atoms with Gasteiger partial charge in [0.1, 0.15) is 0 Å². The molecule has 28 heavy (non-hydrogen) atoms. The summed E-state index contributed by atoms with van der Waals surface area (Å²) in [5.74, 6) is 0.999. The second-order valence-electron chi connectivity index (χ2n) is 8.39. The van der Waals surface area contributed by atoms with E-state index in [0.717, 1.165) is 51.3 Å². The van der Waals surface area contributed by atoms with E-state index in [1.807, 2.05) is 0 Å². The molecular formula is C24H38O4. The van der Waals surface area contributed by atoms with Gasteiger partial charge in [-0.05, 0) is 31.2 Å². The Hall–Kier alpha value is -0.940. The summed E-state index contributed by atoms with van der Waals surface area (Å²) in [4.78, 5) is 0. The zero-order valence-electron chi connectivity index (χ0n) is 17.7. The number of benzene rings is 1. The highest BCUT2D eigenvalue weighted by Gasteiger charge is 2.26. The van der Waals surface area contributed by atoms with Gasteiger partial charge in [-0.2, -0.15) is 0 Å². The number of hydrogen-bond acceptors (Lipinski definition) is 4. The number of unbranched alkanes of at least 4 members (excludes halogenated alkanes) is 2. The van der Waals surface area contributed by atoms with E-state index in [4.69, 9.17) is 18.9 Å². The minimum atomic E-state index is -0.224. The van der Waals surface area contributed by atoms with Crippen LogP contribution in [0, 0.1) is 11.8 Å². The third-order valence-corrected chi connectivity index (χ3v) is 5.82. The quantitative estimate of drug-likeness (QED) is 0.484. The Labute approximate surface area is 170 Å². The second-order valence-corrected chi connectivity index (χ2v) is 8.39. The van der Waals surface area contributed by atoms with Crippen LogP contribution in [0.25, 0.3) is 0 Å². The molecule has 0 aliphatic carbocycles. The van der Waals surface area contributed by atoms with Crippen molar-refractivity contribution in [3.63, 3.8) is 0 Å². The first-order valence-electron chi connectivity index (χ1n) is 11.3. The maximum atomic E-state index is 5.98. The molecule has 1 aromatic carbocycles. The van der Waals surface area contributed by atoms with E-state index in [2.05, 4.69) is 38.1 Å². The van der Waals surface area contributed by atoms with Crippen LogP contribution in [0.2, 0.25) is 0 Å². The predicted octanol–water partition coefficient (Wildman–Crippen LogP) is 5.65. The Morgan fingerprint density at radius 1 is 0.714 bits per heavy atom. The highest BCUT2D eigenvalue weighted by Crippen LogP contribution is 2.28. The maximum absolute atomic E-state index is 5.98. The van der Waals surface area contributed by atoms with Crippen molar-refractivity contribution in [2.75, 3.05) is 26.4 Å². The van der Waals surface area contributed by atoms with E-state index < -0.39 is 0 Å². The number of aryl methyl sites for hydroxylation is 1. The van der Waals surface area contributed by atoms with Crippen LogP contribution in [0.5, 0.6) is 0 Å². The van der Waals surface area contributed by atoms with Crippen molar-refractivity contribution >= 4 is 0 Å². The molecule has 0 bridgehead atoms. The summed E-state index contributed by atoms with van der Waals surface area (Å²) in [5, 5.41) is 0. The molecule has 158 valence electrons. The van der Waals surface area contributed by atoms with E-state index in [-0.39, 0.29) is 12.6 Å². The van der Waals surface area contributed by atoms with Gasteiger partial charge >= 0.3 is 0 Å². The monoisotopic (exact) mass is 390 g/mol. The van der Waals surface area contributed by atoms with Crippen molar-refractivity contribution < 1.29 is 18.9 Å². The molecule has 4 heteroatoms. The molecule has 0 amide bonds. The SMILES string of the molecule is CCCCC[C@H]1CO[C@H](CC[C@H]2CO[C@H](c3ccc(CCC)cc3)OC2)OC1. The van der Waals surface area contributed by atoms with Gasteiger partial charge < -0.3 is 18.9 Å². The normalized spacial score (nSPS) is 28.4. The summed E-state index contributed by atoms with van der Waals surface area (Å²) in [6.45, 7) is 7.64. The first-order valence-corrected chi connectivity index (χ1v) is 11.3. The molecule has 0 aromatic heterocycles. The molecule has 0 radical (unpaired) electrons. The summed E-state index contributed by atoms with van der Waals surface area (Å²) in [6.07, 6.45) is 9.07. The average molecular weight is 391 g/mol. The van der Waals surface area contributed by atoms with Crippen LogP contribution >= 0.6 is 0 Å². The number of ether oxygens (including phenoxy) is 4. The topological polar surface area (TPSA) is 36.9 Å². The predicted molar refractivity (Wildman–Crippen MR) is 111 cm³/mol. The van der Waals surface area contributed by atoms with Gasteiger partial charge in [-0.1, -0.05) is 63.8 Å². The molecule has 1 aromatic rings. The molecule has 2 aliphatic rings. The summed E-state index contributed by atoms with van der Waals surface area (Å²) in [7, 11) is 0. The molecule has 2 saturated heterocycles. The minimum Gasteiger partial charge on any atom is -0.352 e. The second kappa shape index (κ2) is 11.9. The van der Waals surface area contributed by atoms with Crippen molar-refractivity contribution in [3.05, 3.63) is 35.4 Å². The summed E-state index contributed by atoms with van der Waals surface area (Å²) >= 11 is 0. The summed E-state index contributed by atoms with van der Waals surface area (Å²) in [5.41, 5.74) is 2.49. The zero-order chi connectivity index (χ0) is 19.6. The lowest BCUT2D eigenvalue weighted by molar-refractivity contribution is -0.220. The molecule has 2 fully saturated rings. The Morgan fingerprint density at radius 2 is 1.36 bits per heavy atom. The lowest BCUT2D eigenvalue weighted by Crippen LogP contribution is -2.33. The summed E-state index contributed by atoms with van der Waals surface area (Å²) < 4.78 is 23.8. The van der Waals surface area contributed by atoms with E-state index in [9.17, 15) is 0 Å². The molecule has 0 spiro atoms. The number of hydrogen-bond donors (Lipinski definition) is 0. The fourth-order valence-electron chi connectivity index (χ4n) is 4.00. The van der Waals surface area contributed by atoms with Crippen LogP contribution in [-0.2, 0) is 25.4 Å². The first-order chi connectivity index (χ1) is 13.8. The van der Waals surface area contributed by atoms with Crippen molar-refractivity contribution in [3.8, 4) is 0 Å². The summed E-state index contributed by atoms with van der Waals surface area (Å²) in [6, 6.07) is 8.64.